The Kier molecular flexibility index (Phi) is 6.31. The van der Waals surface area contributed by atoms with E-state index in [4.69, 9.17) is 4.74 Å². The number of nitrogens with one attached hydrogen (secondary N) is 3. The van der Waals surface area contributed by atoms with Crippen LogP contribution in [0, 0.1) is 0 Å². The first-order chi connectivity index (χ1) is 9.80. The van der Waals surface area contributed by atoms with Gasteiger partial charge in [-0.2, -0.15) is 0 Å². The van der Waals surface area contributed by atoms with Gasteiger partial charge < -0.3 is 20.5 Å². The minimum absolute atomic E-state index is 0.0494. The minimum Gasteiger partial charge on any atom is -0.444 e. The minimum atomic E-state index is -0.657. The Hall–Kier alpha value is -1.94. The number of aliphatic hydroxyl groups excluding tert-OH is 1. The normalized spacial score (nSPS) is 12.4. The van der Waals surface area contributed by atoms with Crippen LogP contribution in [0.25, 0.3) is 0 Å². The average molecular weight is 317 g/mol. The van der Waals surface area contributed by atoms with Crippen LogP contribution in [-0.2, 0) is 4.74 Å². The molecular formula is C11H19N5O4S. The second kappa shape index (κ2) is 7.74. The number of rotatable bonds is 5. The summed E-state index contributed by atoms with van der Waals surface area (Å²) in [5.74, 6) is 0. The van der Waals surface area contributed by atoms with Crippen LogP contribution in [0.1, 0.15) is 20.8 Å². The summed E-state index contributed by atoms with van der Waals surface area (Å²) in [5.41, 5.74) is -0.631. The third-order valence-corrected chi connectivity index (χ3v) is 2.63. The van der Waals surface area contributed by atoms with Gasteiger partial charge in [0.05, 0.1) is 18.8 Å². The molecule has 1 heterocycles. The molecule has 118 valence electrons. The van der Waals surface area contributed by atoms with Crippen LogP contribution in [-0.4, -0.2) is 51.6 Å². The van der Waals surface area contributed by atoms with Crippen LogP contribution in [0.5, 0.6) is 0 Å². The summed E-state index contributed by atoms with van der Waals surface area (Å²) in [4.78, 5) is 23.1. The number of ether oxygens (including phenoxy) is 1. The zero-order valence-corrected chi connectivity index (χ0v) is 12.9. The summed E-state index contributed by atoms with van der Waals surface area (Å²) in [6, 6.07) is -1.13. The van der Waals surface area contributed by atoms with Crippen molar-refractivity contribution in [2.24, 2.45) is 0 Å². The third-order valence-electron chi connectivity index (χ3n) is 2.05. The number of aromatic nitrogens is 2. The lowest BCUT2D eigenvalue weighted by Gasteiger charge is -2.22. The molecule has 10 heteroatoms. The Bertz CT molecular complexity index is 460. The van der Waals surface area contributed by atoms with Crippen molar-refractivity contribution in [3.63, 3.8) is 0 Å². The summed E-state index contributed by atoms with van der Waals surface area (Å²) in [6.45, 7) is 4.91. The van der Waals surface area contributed by atoms with Crippen molar-refractivity contribution < 1.29 is 19.4 Å². The number of amides is 3. The van der Waals surface area contributed by atoms with Gasteiger partial charge in [0.2, 0.25) is 0 Å². The monoisotopic (exact) mass is 317 g/mol. The predicted octanol–water partition coefficient (Wildman–Crippen LogP) is 0.545. The number of carbonyl (C=O) groups excluding carboxylic acids is 2. The van der Waals surface area contributed by atoms with Gasteiger partial charge in [-0.05, 0) is 20.8 Å². The van der Waals surface area contributed by atoms with E-state index in [1.807, 2.05) is 0 Å². The van der Waals surface area contributed by atoms with Crippen LogP contribution in [0.2, 0.25) is 0 Å². The van der Waals surface area contributed by atoms with Crippen LogP contribution in [0.4, 0.5) is 14.6 Å². The number of anilines is 1. The average Bonchev–Trinajstić information content (AvgIpc) is 2.84. The van der Waals surface area contributed by atoms with E-state index in [2.05, 4.69) is 25.5 Å². The van der Waals surface area contributed by atoms with E-state index < -0.39 is 23.8 Å². The van der Waals surface area contributed by atoms with Gasteiger partial charge in [0, 0.05) is 18.1 Å². The summed E-state index contributed by atoms with van der Waals surface area (Å²) in [5, 5.41) is 20.7. The molecule has 0 aliphatic heterocycles. The summed E-state index contributed by atoms with van der Waals surface area (Å²) < 4.78 is 8.65. The number of carbonyl (C=O) groups is 2. The van der Waals surface area contributed by atoms with Crippen LogP contribution < -0.4 is 16.0 Å². The second-order valence-corrected chi connectivity index (χ2v) is 5.93. The number of urea groups is 1. The number of hydrogen-bond donors (Lipinski definition) is 4. The Morgan fingerprint density at radius 1 is 1.48 bits per heavy atom. The third kappa shape index (κ3) is 7.42. The molecule has 4 N–H and O–H groups in total. The first-order valence-corrected chi connectivity index (χ1v) is 7.00. The highest BCUT2D eigenvalue weighted by Gasteiger charge is 2.19. The van der Waals surface area contributed by atoms with Crippen molar-refractivity contribution >= 4 is 28.7 Å². The molecule has 1 aromatic rings. The molecule has 0 saturated heterocycles. The molecular weight excluding hydrogens is 298 g/mol. The van der Waals surface area contributed by atoms with E-state index in [-0.39, 0.29) is 13.2 Å². The molecule has 0 aliphatic carbocycles. The molecule has 3 amide bonds. The number of aliphatic hydroxyl groups is 1. The Morgan fingerprint density at radius 3 is 2.71 bits per heavy atom. The van der Waals surface area contributed by atoms with Crippen molar-refractivity contribution in [2.45, 2.75) is 32.4 Å². The van der Waals surface area contributed by atoms with E-state index >= 15 is 0 Å². The van der Waals surface area contributed by atoms with Crippen LogP contribution in [0.15, 0.2) is 6.20 Å². The van der Waals surface area contributed by atoms with Crippen molar-refractivity contribution in [1.29, 1.82) is 0 Å². The molecule has 21 heavy (non-hydrogen) atoms. The van der Waals surface area contributed by atoms with Gasteiger partial charge in [-0.25, -0.2) is 9.59 Å². The van der Waals surface area contributed by atoms with E-state index in [9.17, 15) is 14.7 Å². The molecule has 1 atom stereocenters. The highest BCUT2D eigenvalue weighted by Crippen LogP contribution is 2.08. The highest BCUT2D eigenvalue weighted by atomic mass is 32.1. The predicted molar refractivity (Wildman–Crippen MR) is 77.2 cm³/mol. The van der Waals surface area contributed by atoms with Gasteiger partial charge in [-0.15, -0.1) is 5.10 Å². The maximum atomic E-state index is 11.5. The molecule has 1 rings (SSSR count). The van der Waals surface area contributed by atoms with Gasteiger partial charge >= 0.3 is 12.1 Å². The fourth-order valence-corrected chi connectivity index (χ4v) is 1.64. The number of hydrogen-bond acceptors (Lipinski definition) is 7. The van der Waals surface area contributed by atoms with Crippen molar-refractivity contribution in [3.8, 4) is 0 Å². The molecule has 0 saturated carbocycles. The van der Waals surface area contributed by atoms with Crippen molar-refractivity contribution in [2.75, 3.05) is 18.5 Å². The fraction of sp³-hybridized carbons (Fsp3) is 0.636. The van der Waals surface area contributed by atoms with Gasteiger partial charge in [-0.1, -0.05) is 4.49 Å². The number of alkyl carbamates (subject to hydrolysis) is 1. The maximum absolute atomic E-state index is 11.5. The molecule has 0 radical (unpaired) electrons. The van der Waals surface area contributed by atoms with Gasteiger partial charge in [0.15, 0.2) is 0 Å². The first-order valence-electron chi connectivity index (χ1n) is 6.23. The SMILES string of the molecule is CC(C)(C)OC(=O)NC(CO)CNC(=O)Nc1cnns1. The summed E-state index contributed by atoms with van der Waals surface area (Å²) in [7, 11) is 0. The molecule has 9 nitrogen and oxygen atoms in total. The zero-order valence-electron chi connectivity index (χ0n) is 12.0. The van der Waals surface area contributed by atoms with E-state index in [1.165, 1.54) is 6.20 Å². The van der Waals surface area contributed by atoms with Crippen LogP contribution >= 0.6 is 11.5 Å². The van der Waals surface area contributed by atoms with Gasteiger partial charge in [0.25, 0.3) is 0 Å². The smallest absolute Gasteiger partial charge is 0.408 e. The summed E-state index contributed by atoms with van der Waals surface area (Å²) >= 11 is 1.04. The summed E-state index contributed by atoms with van der Waals surface area (Å²) in [6.07, 6.45) is 0.752. The molecule has 0 spiro atoms. The van der Waals surface area contributed by atoms with Crippen molar-refractivity contribution in [3.05, 3.63) is 6.20 Å². The lowest BCUT2D eigenvalue weighted by molar-refractivity contribution is 0.0483. The zero-order chi connectivity index (χ0) is 15.9. The lowest BCUT2D eigenvalue weighted by Crippen LogP contribution is -2.48. The van der Waals surface area contributed by atoms with Crippen LogP contribution in [0.3, 0.4) is 0 Å². The van der Waals surface area contributed by atoms with E-state index in [0.29, 0.717) is 5.00 Å². The molecule has 0 fully saturated rings. The van der Waals surface area contributed by atoms with Crippen molar-refractivity contribution in [1.82, 2.24) is 20.2 Å². The van der Waals surface area contributed by atoms with E-state index in [1.54, 1.807) is 20.8 Å². The highest BCUT2D eigenvalue weighted by molar-refractivity contribution is 7.10. The molecule has 0 aromatic carbocycles. The largest absolute Gasteiger partial charge is 0.444 e. The first kappa shape index (κ1) is 17.1. The standard InChI is InChI=1S/C11H19N5O4S/c1-11(2,3)20-10(19)14-7(6-17)4-12-9(18)15-8-5-13-16-21-8/h5,7,17H,4,6H2,1-3H3,(H,14,19)(H2,12,15,18). The Balaban J connectivity index is 2.33. The van der Waals surface area contributed by atoms with E-state index in [0.717, 1.165) is 11.5 Å². The van der Waals surface area contributed by atoms with Gasteiger partial charge in [-0.3, -0.25) is 5.32 Å². The maximum Gasteiger partial charge on any atom is 0.408 e. The molecule has 1 aromatic heterocycles. The molecule has 1 unspecified atom stereocenters. The Labute approximate surface area is 126 Å². The second-order valence-electron chi connectivity index (χ2n) is 5.14. The fourth-order valence-electron chi connectivity index (χ4n) is 1.23. The van der Waals surface area contributed by atoms with Gasteiger partial charge in [0.1, 0.15) is 10.6 Å². The Morgan fingerprint density at radius 2 is 2.19 bits per heavy atom. The topological polar surface area (TPSA) is 125 Å². The molecule has 0 bridgehead atoms. The number of nitrogens with zero attached hydrogens (tertiary/aromatic N) is 2. The molecule has 0 aliphatic rings. The quantitative estimate of drug-likeness (QED) is 0.628. The lowest BCUT2D eigenvalue weighted by atomic mass is 10.2.